The van der Waals surface area contributed by atoms with Gasteiger partial charge in [0.2, 0.25) is 0 Å². The molecule has 1 saturated carbocycles. The first-order valence-corrected chi connectivity index (χ1v) is 5.78. The average Bonchev–Trinajstić information content (AvgIpc) is 2.41. The molecule has 0 unspecified atom stereocenters. The van der Waals surface area contributed by atoms with Gasteiger partial charge >= 0.3 is 0 Å². The molecule has 1 fully saturated rings. The molecule has 1 aliphatic carbocycles. The van der Waals surface area contributed by atoms with Gasteiger partial charge in [0.15, 0.2) is 5.96 Å². The van der Waals surface area contributed by atoms with Crippen LogP contribution in [0.15, 0.2) is 4.99 Å². The first-order valence-electron chi connectivity index (χ1n) is 5.78. The van der Waals surface area contributed by atoms with Crippen LogP contribution in [0.2, 0.25) is 0 Å². The summed E-state index contributed by atoms with van der Waals surface area (Å²) in [6, 6.07) is 0. The van der Waals surface area contributed by atoms with Crippen molar-refractivity contribution in [1.82, 2.24) is 4.90 Å². The van der Waals surface area contributed by atoms with E-state index >= 15 is 0 Å². The maximum atomic E-state index is 5.85. The molecule has 14 heavy (non-hydrogen) atoms. The molecule has 0 aromatic rings. The van der Waals surface area contributed by atoms with Crippen LogP contribution in [0.1, 0.15) is 44.9 Å². The molecule has 0 aromatic carbocycles. The zero-order chi connectivity index (χ0) is 10.0. The highest BCUT2D eigenvalue weighted by molar-refractivity contribution is 5.80. The lowest BCUT2D eigenvalue weighted by Gasteiger charge is -2.38. The fourth-order valence-corrected chi connectivity index (χ4v) is 2.74. The first kappa shape index (κ1) is 9.81. The number of nitrogens with two attached hydrogens (primary N) is 1. The predicted molar refractivity (Wildman–Crippen MR) is 59.3 cm³/mol. The number of nitrogens with zero attached hydrogens (tertiary/aromatic N) is 2. The summed E-state index contributed by atoms with van der Waals surface area (Å²) in [5.74, 6) is 0.741. The summed E-state index contributed by atoms with van der Waals surface area (Å²) in [6.45, 7) is 0.926. The van der Waals surface area contributed by atoms with Crippen molar-refractivity contribution in [2.24, 2.45) is 10.7 Å². The summed E-state index contributed by atoms with van der Waals surface area (Å²) in [5.41, 5.74) is 6.13. The number of likely N-dealkylation sites (N-methyl/N-ethyl adjacent to an activating group) is 1. The molecule has 1 heterocycles. The van der Waals surface area contributed by atoms with Gasteiger partial charge in [-0.3, -0.25) is 4.99 Å². The largest absolute Gasteiger partial charge is 0.370 e. The topological polar surface area (TPSA) is 41.6 Å². The third-order valence-electron chi connectivity index (χ3n) is 3.87. The Kier molecular flexibility index (Phi) is 2.66. The van der Waals surface area contributed by atoms with Gasteiger partial charge in [-0.05, 0) is 12.8 Å². The van der Waals surface area contributed by atoms with E-state index in [1.165, 1.54) is 44.9 Å². The minimum Gasteiger partial charge on any atom is -0.370 e. The Hall–Kier alpha value is -0.730. The standard InChI is InChI=1S/C11H21N3/c1-14-10(12)13-9-11(14)7-5-3-2-4-6-8-11/h2-9H2,1H3,(H2,12,13). The van der Waals surface area contributed by atoms with Gasteiger partial charge in [-0.15, -0.1) is 0 Å². The fraction of sp³-hybridized carbons (Fsp3) is 0.909. The van der Waals surface area contributed by atoms with E-state index in [4.69, 9.17) is 5.73 Å². The molecule has 2 aliphatic rings. The normalized spacial score (nSPS) is 27.2. The van der Waals surface area contributed by atoms with Crippen molar-refractivity contribution in [2.75, 3.05) is 13.6 Å². The van der Waals surface area contributed by atoms with E-state index in [0.29, 0.717) is 0 Å². The second kappa shape index (κ2) is 3.79. The van der Waals surface area contributed by atoms with E-state index in [9.17, 15) is 0 Å². The molecule has 2 N–H and O–H groups in total. The van der Waals surface area contributed by atoms with Crippen molar-refractivity contribution in [1.29, 1.82) is 0 Å². The zero-order valence-electron chi connectivity index (χ0n) is 9.13. The number of guanidine groups is 1. The maximum Gasteiger partial charge on any atom is 0.191 e. The number of aliphatic imine (C=N–C) groups is 1. The van der Waals surface area contributed by atoms with E-state index in [2.05, 4.69) is 16.9 Å². The van der Waals surface area contributed by atoms with Gasteiger partial charge in [-0.2, -0.15) is 0 Å². The fourth-order valence-electron chi connectivity index (χ4n) is 2.74. The number of hydrogen-bond donors (Lipinski definition) is 1. The van der Waals surface area contributed by atoms with Gasteiger partial charge in [0.25, 0.3) is 0 Å². The van der Waals surface area contributed by atoms with E-state index in [1.807, 2.05) is 0 Å². The molecule has 0 atom stereocenters. The van der Waals surface area contributed by atoms with Crippen molar-refractivity contribution >= 4 is 5.96 Å². The summed E-state index contributed by atoms with van der Waals surface area (Å²) in [4.78, 5) is 6.61. The van der Waals surface area contributed by atoms with E-state index in [1.54, 1.807) is 0 Å². The second-order valence-electron chi connectivity index (χ2n) is 4.73. The predicted octanol–water partition coefficient (Wildman–Crippen LogP) is 1.73. The number of rotatable bonds is 0. The van der Waals surface area contributed by atoms with Crippen LogP contribution in [0.25, 0.3) is 0 Å². The molecule has 0 radical (unpaired) electrons. The van der Waals surface area contributed by atoms with Gasteiger partial charge in [-0.1, -0.05) is 32.1 Å². The minimum atomic E-state index is 0.282. The molecule has 0 saturated heterocycles. The van der Waals surface area contributed by atoms with E-state index in [0.717, 1.165) is 12.5 Å². The summed E-state index contributed by atoms with van der Waals surface area (Å²) < 4.78 is 0. The van der Waals surface area contributed by atoms with E-state index < -0.39 is 0 Å². The Bertz CT molecular complexity index is 227. The minimum absolute atomic E-state index is 0.282. The van der Waals surface area contributed by atoms with E-state index in [-0.39, 0.29) is 5.54 Å². The lowest BCUT2D eigenvalue weighted by Crippen LogP contribution is -2.49. The molecule has 0 bridgehead atoms. The highest BCUT2D eigenvalue weighted by atomic mass is 15.3. The first-order chi connectivity index (χ1) is 6.75. The van der Waals surface area contributed by atoms with Gasteiger partial charge in [0, 0.05) is 7.05 Å². The Balaban J connectivity index is 2.06. The highest BCUT2D eigenvalue weighted by Gasteiger charge is 2.39. The molecule has 0 amide bonds. The van der Waals surface area contributed by atoms with Crippen LogP contribution in [0, 0.1) is 0 Å². The van der Waals surface area contributed by atoms with Gasteiger partial charge < -0.3 is 10.6 Å². The molecule has 3 nitrogen and oxygen atoms in total. The molecule has 0 aromatic heterocycles. The van der Waals surface area contributed by atoms with Gasteiger partial charge in [-0.25, -0.2) is 0 Å². The Morgan fingerprint density at radius 2 is 1.71 bits per heavy atom. The smallest absolute Gasteiger partial charge is 0.191 e. The zero-order valence-corrected chi connectivity index (χ0v) is 9.13. The quantitative estimate of drug-likeness (QED) is 0.639. The Morgan fingerprint density at radius 1 is 1.14 bits per heavy atom. The van der Waals surface area contributed by atoms with Crippen molar-refractivity contribution in [3.63, 3.8) is 0 Å². The van der Waals surface area contributed by atoms with Crippen LogP contribution in [0.4, 0.5) is 0 Å². The third kappa shape index (κ3) is 1.60. The van der Waals surface area contributed by atoms with Gasteiger partial charge in [0.1, 0.15) is 0 Å². The molecule has 1 spiro atoms. The Morgan fingerprint density at radius 3 is 2.21 bits per heavy atom. The molecule has 1 aliphatic heterocycles. The highest BCUT2D eigenvalue weighted by Crippen LogP contribution is 2.33. The number of hydrogen-bond acceptors (Lipinski definition) is 3. The maximum absolute atomic E-state index is 5.85. The van der Waals surface area contributed by atoms with Crippen LogP contribution in [0.5, 0.6) is 0 Å². The van der Waals surface area contributed by atoms with Crippen molar-refractivity contribution in [3.05, 3.63) is 0 Å². The molecular weight excluding hydrogens is 174 g/mol. The molecule has 3 heteroatoms. The van der Waals surface area contributed by atoms with Crippen LogP contribution in [-0.4, -0.2) is 30.0 Å². The van der Waals surface area contributed by atoms with Crippen LogP contribution in [-0.2, 0) is 0 Å². The SMILES string of the molecule is CN1C(N)=NCC12CCCCCCC2. The van der Waals surface area contributed by atoms with Crippen molar-refractivity contribution < 1.29 is 0 Å². The van der Waals surface area contributed by atoms with Crippen molar-refractivity contribution in [2.45, 2.75) is 50.5 Å². The second-order valence-corrected chi connectivity index (χ2v) is 4.73. The van der Waals surface area contributed by atoms with Crippen molar-refractivity contribution in [3.8, 4) is 0 Å². The molecular formula is C11H21N3. The summed E-state index contributed by atoms with van der Waals surface area (Å²) in [7, 11) is 2.10. The van der Waals surface area contributed by atoms with Crippen LogP contribution in [0.3, 0.4) is 0 Å². The summed E-state index contributed by atoms with van der Waals surface area (Å²) >= 11 is 0. The summed E-state index contributed by atoms with van der Waals surface area (Å²) in [5, 5.41) is 0. The molecule has 2 rings (SSSR count). The lowest BCUT2D eigenvalue weighted by molar-refractivity contribution is 0.182. The monoisotopic (exact) mass is 195 g/mol. The van der Waals surface area contributed by atoms with Crippen LogP contribution >= 0.6 is 0 Å². The van der Waals surface area contributed by atoms with Gasteiger partial charge in [0.05, 0.1) is 12.1 Å². The summed E-state index contributed by atoms with van der Waals surface area (Å²) in [6.07, 6.45) is 9.41. The molecule has 80 valence electrons. The third-order valence-corrected chi connectivity index (χ3v) is 3.87. The average molecular weight is 195 g/mol. The van der Waals surface area contributed by atoms with Crippen LogP contribution < -0.4 is 5.73 Å². The lowest BCUT2D eigenvalue weighted by atomic mass is 9.83. The Labute approximate surface area is 86.4 Å².